The second-order valence-electron chi connectivity index (χ2n) is 9.80. The SMILES string of the molecule is O=C(Nc1cccc(-c2cccc3nc(Nc4ccc(OCCN5CCCC5)cc4)nn23)c1)Nc1ccccc1Cl. The van der Waals surface area contributed by atoms with Gasteiger partial charge in [-0.1, -0.05) is 41.9 Å². The zero-order chi connectivity index (χ0) is 28.0. The first-order valence-corrected chi connectivity index (χ1v) is 14.0. The maximum atomic E-state index is 12.6. The number of fused-ring (bicyclic) bond motifs is 1. The van der Waals surface area contributed by atoms with Crippen LogP contribution in [0.15, 0.2) is 91.0 Å². The number of halogens is 1. The van der Waals surface area contributed by atoms with Gasteiger partial charge in [-0.05, 0) is 86.6 Å². The number of rotatable bonds is 9. The summed E-state index contributed by atoms with van der Waals surface area (Å²) in [6, 6.07) is 27.9. The van der Waals surface area contributed by atoms with Crippen molar-refractivity contribution in [3.8, 4) is 17.0 Å². The van der Waals surface area contributed by atoms with Gasteiger partial charge >= 0.3 is 6.03 Å². The highest BCUT2D eigenvalue weighted by Gasteiger charge is 2.12. The Morgan fingerprint density at radius 1 is 0.878 bits per heavy atom. The van der Waals surface area contributed by atoms with Crippen molar-refractivity contribution in [2.45, 2.75) is 12.8 Å². The van der Waals surface area contributed by atoms with Crippen molar-refractivity contribution >= 4 is 46.3 Å². The minimum absolute atomic E-state index is 0.385. The molecule has 3 N–H and O–H groups in total. The second kappa shape index (κ2) is 12.3. The van der Waals surface area contributed by atoms with E-state index in [1.54, 1.807) is 16.6 Å². The van der Waals surface area contributed by atoms with Gasteiger partial charge in [0.25, 0.3) is 0 Å². The largest absolute Gasteiger partial charge is 0.492 e. The zero-order valence-corrected chi connectivity index (χ0v) is 23.1. The van der Waals surface area contributed by atoms with Gasteiger partial charge in [0.05, 0.1) is 16.4 Å². The van der Waals surface area contributed by atoms with Gasteiger partial charge in [-0.2, -0.15) is 4.98 Å². The van der Waals surface area contributed by atoms with Gasteiger partial charge in [0.2, 0.25) is 5.95 Å². The number of urea groups is 1. The molecule has 10 heteroatoms. The van der Waals surface area contributed by atoms with E-state index in [4.69, 9.17) is 21.4 Å². The predicted octanol–water partition coefficient (Wildman–Crippen LogP) is 6.91. The molecule has 0 aliphatic carbocycles. The number of para-hydroxylation sites is 1. The third kappa shape index (κ3) is 6.59. The normalized spacial score (nSPS) is 13.3. The number of pyridine rings is 1. The number of carbonyl (C=O) groups excluding carboxylic acids is 1. The Bertz CT molecular complexity index is 1650. The molecule has 0 radical (unpaired) electrons. The van der Waals surface area contributed by atoms with Crippen LogP contribution in [0.4, 0.5) is 27.8 Å². The summed E-state index contributed by atoms with van der Waals surface area (Å²) in [6.45, 7) is 3.99. The van der Waals surface area contributed by atoms with Crippen LogP contribution < -0.4 is 20.7 Å². The average Bonchev–Trinajstić information content (AvgIpc) is 3.65. The van der Waals surface area contributed by atoms with E-state index in [0.717, 1.165) is 29.2 Å². The van der Waals surface area contributed by atoms with E-state index < -0.39 is 0 Å². The van der Waals surface area contributed by atoms with Crippen molar-refractivity contribution in [3.05, 3.63) is 96.0 Å². The van der Waals surface area contributed by atoms with Gasteiger partial charge in [-0.3, -0.25) is 4.90 Å². The smallest absolute Gasteiger partial charge is 0.323 e. The molecule has 3 heterocycles. The number of amides is 2. The Balaban J connectivity index is 1.12. The lowest BCUT2D eigenvalue weighted by atomic mass is 10.1. The van der Waals surface area contributed by atoms with Crippen LogP contribution in [0.2, 0.25) is 5.02 Å². The number of hydrogen-bond donors (Lipinski definition) is 3. The summed E-state index contributed by atoms with van der Waals surface area (Å²) in [6.07, 6.45) is 2.57. The van der Waals surface area contributed by atoms with Crippen LogP contribution in [0.1, 0.15) is 12.8 Å². The second-order valence-corrected chi connectivity index (χ2v) is 10.2. The van der Waals surface area contributed by atoms with Gasteiger partial charge in [0, 0.05) is 23.5 Å². The molecular weight excluding hydrogens is 538 g/mol. The van der Waals surface area contributed by atoms with E-state index in [1.807, 2.05) is 78.9 Å². The van der Waals surface area contributed by atoms with Gasteiger partial charge in [0.1, 0.15) is 12.4 Å². The summed E-state index contributed by atoms with van der Waals surface area (Å²) in [5, 5.41) is 14.1. The van der Waals surface area contributed by atoms with Crippen LogP contribution in [0.5, 0.6) is 5.75 Å². The molecule has 1 saturated heterocycles. The first-order chi connectivity index (χ1) is 20.1. The van der Waals surface area contributed by atoms with Crippen LogP contribution >= 0.6 is 11.6 Å². The molecule has 1 aliphatic rings. The number of likely N-dealkylation sites (tertiary alicyclic amines) is 1. The Kier molecular flexibility index (Phi) is 7.97. The molecule has 0 atom stereocenters. The summed E-state index contributed by atoms with van der Waals surface area (Å²) in [5.74, 6) is 1.32. The summed E-state index contributed by atoms with van der Waals surface area (Å²) < 4.78 is 7.69. The number of ether oxygens (including phenoxy) is 1. The molecule has 1 aliphatic heterocycles. The highest BCUT2D eigenvalue weighted by Crippen LogP contribution is 2.26. The third-order valence-corrected chi connectivity index (χ3v) is 7.21. The molecule has 0 saturated carbocycles. The number of nitrogens with one attached hydrogen (secondary N) is 3. The molecule has 208 valence electrons. The first-order valence-electron chi connectivity index (χ1n) is 13.6. The fourth-order valence-corrected chi connectivity index (χ4v) is 5.03. The van der Waals surface area contributed by atoms with Crippen LogP contribution in [0.3, 0.4) is 0 Å². The topological polar surface area (TPSA) is 95.8 Å². The standard InChI is InChI=1S/C31H30ClN7O2/c32-26-9-1-2-10-27(26)35-31(40)34-24-8-5-7-22(21-24)28-11-6-12-29-36-30(37-39(28)29)33-23-13-15-25(16-14-23)41-20-19-38-17-3-4-18-38/h1-2,5-16,21H,3-4,17-20H2,(H,33,37)(H2,34,35,40). The molecule has 41 heavy (non-hydrogen) atoms. The van der Waals surface area contributed by atoms with Gasteiger partial charge in [-0.25, -0.2) is 9.31 Å². The van der Waals surface area contributed by atoms with Crippen LogP contribution in [0, 0.1) is 0 Å². The van der Waals surface area contributed by atoms with Gasteiger partial charge < -0.3 is 20.7 Å². The van der Waals surface area contributed by atoms with Crippen molar-refractivity contribution < 1.29 is 9.53 Å². The van der Waals surface area contributed by atoms with Gasteiger partial charge in [0.15, 0.2) is 5.65 Å². The lowest BCUT2D eigenvalue weighted by molar-refractivity contribution is 0.238. The van der Waals surface area contributed by atoms with E-state index in [0.29, 0.717) is 34.6 Å². The highest BCUT2D eigenvalue weighted by molar-refractivity contribution is 6.33. The summed E-state index contributed by atoms with van der Waals surface area (Å²) in [4.78, 5) is 19.7. The minimum Gasteiger partial charge on any atom is -0.492 e. The first kappa shape index (κ1) is 26.6. The molecule has 0 bridgehead atoms. The predicted molar refractivity (Wildman–Crippen MR) is 163 cm³/mol. The Hall–Kier alpha value is -4.60. The molecule has 2 amide bonds. The minimum atomic E-state index is -0.385. The molecule has 9 nitrogen and oxygen atoms in total. The van der Waals surface area contributed by atoms with Crippen molar-refractivity contribution in [3.63, 3.8) is 0 Å². The zero-order valence-electron chi connectivity index (χ0n) is 22.4. The molecule has 6 rings (SSSR count). The molecular formula is C31H30ClN7O2. The quantitative estimate of drug-likeness (QED) is 0.179. The van der Waals surface area contributed by atoms with E-state index >= 15 is 0 Å². The van der Waals surface area contributed by atoms with Crippen molar-refractivity contribution in [1.29, 1.82) is 0 Å². The monoisotopic (exact) mass is 567 g/mol. The fraction of sp³-hybridized carbons (Fsp3) is 0.194. The lowest BCUT2D eigenvalue weighted by Crippen LogP contribution is -2.25. The number of benzene rings is 3. The van der Waals surface area contributed by atoms with Crippen molar-refractivity contribution in [2.75, 3.05) is 42.2 Å². The van der Waals surface area contributed by atoms with Crippen LogP contribution in [-0.2, 0) is 0 Å². The van der Waals surface area contributed by atoms with E-state index in [1.165, 1.54) is 25.9 Å². The number of aromatic nitrogens is 3. The molecule has 0 unspecified atom stereocenters. The molecule has 5 aromatic rings. The van der Waals surface area contributed by atoms with Crippen molar-refractivity contribution in [2.24, 2.45) is 0 Å². The van der Waals surface area contributed by atoms with Crippen molar-refractivity contribution in [1.82, 2.24) is 19.5 Å². The highest BCUT2D eigenvalue weighted by atomic mass is 35.5. The van der Waals surface area contributed by atoms with E-state index in [9.17, 15) is 4.79 Å². The number of nitrogens with zero attached hydrogens (tertiary/aromatic N) is 4. The van der Waals surface area contributed by atoms with Gasteiger partial charge in [-0.15, -0.1) is 5.10 Å². The number of carbonyl (C=O) groups is 1. The average molecular weight is 568 g/mol. The Morgan fingerprint density at radius 2 is 1.68 bits per heavy atom. The van der Waals surface area contributed by atoms with Crippen LogP contribution in [-0.4, -0.2) is 51.8 Å². The molecule has 2 aromatic heterocycles. The Morgan fingerprint density at radius 3 is 2.51 bits per heavy atom. The summed E-state index contributed by atoms with van der Waals surface area (Å²) in [7, 11) is 0. The van der Waals surface area contributed by atoms with E-state index in [2.05, 4.69) is 25.8 Å². The number of anilines is 4. The maximum absolute atomic E-state index is 12.6. The molecule has 3 aromatic carbocycles. The lowest BCUT2D eigenvalue weighted by Gasteiger charge is -2.15. The summed E-state index contributed by atoms with van der Waals surface area (Å²) in [5.41, 5.74) is 4.44. The maximum Gasteiger partial charge on any atom is 0.323 e. The van der Waals surface area contributed by atoms with Crippen LogP contribution in [0.25, 0.3) is 16.9 Å². The Labute approximate surface area is 243 Å². The molecule has 1 fully saturated rings. The fourth-order valence-electron chi connectivity index (χ4n) is 4.84. The summed E-state index contributed by atoms with van der Waals surface area (Å²) >= 11 is 6.16. The molecule has 0 spiro atoms. The number of hydrogen-bond acceptors (Lipinski definition) is 6. The van der Waals surface area contributed by atoms with E-state index in [-0.39, 0.29) is 6.03 Å². The third-order valence-electron chi connectivity index (χ3n) is 6.88.